The Morgan fingerprint density at radius 2 is 1.73 bits per heavy atom. The van der Waals surface area contributed by atoms with Crippen LogP contribution in [0.4, 0.5) is 0 Å². The maximum absolute atomic E-state index is 10.0. The Hall–Kier alpha value is -3.84. The molecule has 162 valence electrons. The standard InChI is InChI=1S/C29H26N3O/c1-18-11-13-21-22-14-12-19(16-30)27(23-17-32(3)24-9-5-4-8-20(23)24)29(22)33-28(21)26(18)25-10-6-7-15-31(25)2/h6-7,10-15,17H,4-5,8-9H2,1-3H3/q+1. The molecule has 0 atom stereocenters. The molecule has 2 aromatic carbocycles. The van der Waals surface area contributed by atoms with Gasteiger partial charge in [0.05, 0.1) is 17.2 Å². The number of benzene rings is 2. The number of rotatable bonds is 2. The zero-order chi connectivity index (χ0) is 22.7. The predicted molar refractivity (Wildman–Crippen MR) is 131 cm³/mol. The topological polar surface area (TPSA) is 45.7 Å². The van der Waals surface area contributed by atoms with E-state index in [-0.39, 0.29) is 0 Å². The van der Waals surface area contributed by atoms with Crippen LogP contribution in [0.2, 0.25) is 0 Å². The Morgan fingerprint density at radius 3 is 2.52 bits per heavy atom. The molecular formula is C29H26N3O+. The van der Waals surface area contributed by atoms with Crippen molar-refractivity contribution in [3.05, 3.63) is 77.2 Å². The molecule has 0 saturated carbocycles. The van der Waals surface area contributed by atoms with Gasteiger partial charge in [0.1, 0.15) is 18.2 Å². The van der Waals surface area contributed by atoms with Gasteiger partial charge in [0, 0.05) is 53.0 Å². The summed E-state index contributed by atoms with van der Waals surface area (Å²) in [6.45, 7) is 2.13. The molecule has 0 N–H and O–H groups in total. The van der Waals surface area contributed by atoms with E-state index in [1.54, 1.807) is 0 Å². The Labute approximate surface area is 193 Å². The highest BCUT2D eigenvalue weighted by molar-refractivity contribution is 6.14. The van der Waals surface area contributed by atoms with E-state index in [1.165, 1.54) is 29.7 Å². The van der Waals surface area contributed by atoms with E-state index in [2.05, 4.69) is 72.9 Å². The summed E-state index contributed by atoms with van der Waals surface area (Å²) in [6, 6.07) is 17.0. The molecule has 0 fully saturated rings. The first-order valence-electron chi connectivity index (χ1n) is 11.6. The van der Waals surface area contributed by atoms with E-state index in [0.29, 0.717) is 5.56 Å². The average molecular weight is 433 g/mol. The van der Waals surface area contributed by atoms with Crippen molar-refractivity contribution in [2.45, 2.75) is 32.6 Å². The normalized spacial score (nSPS) is 13.4. The van der Waals surface area contributed by atoms with Crippen LogP contribution in [0.25, 0.3) is 44.3 Å². The second-order valence-electron chi connectivity index (χ2n) is 9.20. The van der Waals surface area contributed by atoms with Gasteiger partial charge >= 0.3 is 0 Å². The third kappa shape index (κ3) is 2.85. The maximum Gasteiger partial charge on any atom is 0.216 e. The molecule has 4 nitrogen and oxygen atoms in total. The summed E-state index contributed by atoms with van der Waals surface area (Å²) < 4.78 is 11.1. The number of aromatic nitrogens is 2. The third-order valence-corrected chi connectivity index (χ3v) is 7.23. The van der Waals surface area contributed by atoms with Crippen molar-refractivity contribution in [1.82, 2.24) is 4.57 Å². The second-order valence-corrected chi connectivity index (χ2v) is 9.20. The van der Waals surface area contributed by atoms with E-state index in [1.807, 2.05) is 18.2 Å². The van der Waals surface area contributed by atoms with Crippen molar-refractivity contribution in [3.8, 4) is 28.5 Å². The number of hydrogen-bond acceptors (Lipinski definition) is 2. The average Bonchev–Trinajstić information content (AvgIpc) is 3.37. The van der Waals surface area contributed by atoms with Crippen molar-refractivity contribution < 1.29 is 8.98 Å². The highest BCUT2D eigenvalue weighted by Gasteiger charge is 2.26. The molecular weight excluding hydrogens is 406 g/mol. The van der Waals surface area contributed by atoms with Crippen molar-refractivity contribution in [1.29, 1.82) is 5.26 Å². The summed E-state index contributed by atoms with van der Waals surface area (Å²) in [5.41, 5.74) is 10.6. The highest BCUT2D eigenvalue weighted by atomic mass is 16.3. The van der Waals surface area contributed by atoms with E-state index >= 15 is 0 Å². The monoisotopic (exact) mass is 432 g/mol. The van der Waals surface area contributed by atoms with Gasteiger partial charge in [0.15, 0.2) is 6.20 Å². The van der Waals surface area contributed by atoms with Crippen LogP contribution in [0.1, 0.15) is 35.2 Å². The number of nitriles is 1. The molecule has 1 aliphatic carbocycles. The molecule has 0 amide bonds. The first-order chi connectivity index (χ1) is 16.1. The van der Waals surface area contributed by atoms with E-state index in [9.17, 15) is 5.26 Å². The largest absolute Gasteiger partial charge is 0.454 e. The number of fused-ring (bicyclic) bond motifs is 4. The van der Waals surface area contributed by atoms with Gasteiger partial charge in [0.2, 0.25) is 5.69 Å². The fourth-order valence-electron chi connectivity index (χ4n) is 5.60. The maximum atomic E-state index is 10.0. The van der Waals surface area contributed by atoms with Crippen LogP contribution in [-0.2, 0) is 26.9 Å². The first kappa shape index (κ1) is 19.8. The van der Waals surface area contributed by atoms with E-state index < -0.39 is 0 Å². The minimum absolute atomic E-state index is 0.670. The fraction of sp³-hybridized carbons (Fsp3) is 0.241. The smallest absolute Gasteiger partial charge is 0.216 e. The van der Waals surface area contributed by atoms with Gasteiger partial charge in [-0.1, -0.05) is 12.1 Å². The van der Waals surface area contributed by atoms with Crippen molar-refractivity contribution in [2.75, 3.05) is 0 Å². The minimum Gasteiger partial charge on any atom is -0.454 e. The van der Waals surface area contributed by atoms with E-state index in [4.69, 9.17) is 4.42 Å². The molecule has 33 heavy (non-hydrogen) atoms. The lowest BCUT2D eigenvalue weighted by Crippen LogP contribution is -2.30. The minimum atomic E-state index is 0.670. The van der Waals surface area contributed by atoms with Crippen LogP contribution in [-0.4, -0.2) is 4.57 Å². The Bertz CT molecular complexity index is 1610. The summed E-state index contributed by atoms with van der Waals surface area (Å²) in [6.07, 6.45) is 8.82. The lowest BCUT2D eigenvalue weighted by molar-refractivity contribution is -0.660. The van der Waals surface area contributed by atoms with Gasteiger partial charge in [-0.2, -0.15) is 5.26 Å². The van der Waals surface area contributed by atoms with Gasteiger partial charge < -0.3 is 8.98 Å². The lowest BCUT2D eigenvalue weighted by atomic mass is 9.90. The molecule has 0 unspecified atom stereocenters. The van der Waals surface area contributed by atoms with Crippen molar-refractivity contribution in [3.63, 3.8) is 0 Å². The SMILES string of the molecule is Cc1ccc2c(oc3c(-c4cn(C)c5c4CCCC5)c(C#N)ccc32)c1-c1cccc[n+]1C. The predicted octanol–water partition coefficient (Wildman–Crippen LogP) is 6.14. The number of pyridine rings is 1. The lowest BCUT2D eigenvalue weighted by Gasteiger charge is -2.15. The van der Waals surface area contributed by atoms with Crippen molar-refractivity contribution in [2.24, 2.45) is 14.1 Å². The molecule has 5 aromatic rings. The molecule has 3 heterocycles. The zero-order valence-electron chi connectivity index (χ0n) is 19.3. The van der Waals surface area contributed by atoms with Crippen LogP contribution < -0.4 is 4.57 Å². The summed E-state index contributed by atoms with van der Waals surface area (Å²) >= 11 is 0. The summed E-state index contributed by atoms with van der Waals surface area (Å²) in [5.74, 6) is 0. The Kier molecular flexibility index (Phi) is 4.41. The molecule has 0 radical (unpaired) electrons. The number of nitrogens with zero attached hydrogens (tertiary/aromatic N) is 3. The molecule has 3 aromatic heterocycles. The molecule has 0 spiro atoms. The quantitative estimate of drug-likeness (QED) is 0.315. The molecule has 0 saturated heterocycles. The third-order valence-electron chi connectivity index (χ3n) is 7.23. The Balaban J connectivity index is 1.73. The van der Waals surface area contributed by atoms with Crippen molar-refractivity contribution >= 4 is 21.9 Å². The van der Waals surface area contributed by atoms with Crippen LogP contribution in [0.3, 0.4) is 0 Å². The number of hydrogen-bond donors (Lipinski definition) is 0. The number of aryl methyl sites for hydroxylation is 3. The molecule has 0 aliphatic heterocycles. The fourth-order valence-corrected chi connectivity index (χ4v) is 5.60. The Morgan fingerprint density at radius 1 is 0.970 bits per heavy atom. The van der Waals surface area contributed by atoms with Gasteiger partial charge in [-0.05, 0) is 61.9 Å². The molecule has 1 aliphatic rings. The molecule has 6 rings (SSSR count). The first-order valence-corrected chi connectivity index (χ1v) is 11.6. The van der Waals surface area contributed by atoms with Gasteiger partial charge in [0.25, 0.3) is 0 Å². The van der Waals surface area contributed by atoms with Gasteiger partial charge in [-0.15, -0.1) is 0 Å². The van der Waals surface area contributed by atoms with Crippen LogP contribution in [0.5, 0.6) is 0 Å². The van der Waals surface area contributed by atoms with E-state index in [0.717, 1.165) is 57.2 Å². The molecule has 4 heteroatoms. The zero-order valence-corrected chi connectivity index (χ0v) is 19.3. The summed E-state index contributed by atoms with van der Waals surface area (Å²) in [4.78, 5) is 0. The van der Waals surface area contributed by atoms with Crippen LogP contribution in [0, 0.1) is 18.3 Å². The summed E-state index contributed by atoms with van der Waals surface area (Å²) in [5, 5.41) is 12.2. The highest BCUT2D eigenvalue weighted by Crippen LogP contribution is 2.44. The van der Waals surface area contributed by atoms with Gasteiger partial charge in [-0.25, -0.2) is 4.57 Å². The van der Waals surface area contributed by atoms with Crippen LogP contribution >= 0.6 is 0 Å². The van der Waals surface area contributed by atoms with Crippen LogP contribution in [0.15, 0.2) is 59.3 Å². The second kappa shape index (κ2) is 7.35. The number of furan rings is 1. The van der Waals surface area contributed by atoms with Gasteiger partial charge in [-0.3, -0.25) is 0 Å². The molecule has 0 bridgehead atoms. The summed E-state index contributed by atoms with van der Waals surface area (Å²) in [7, 11) is 4.18.